The van der Waals surface area contributed by atoms with Crippen molar-refractivity contribution in [2.75, 3.05) is 43.5 Å². The van der Waals surface area contributed by atoms with Crippen LogP contribution in [-0.2, 0) is 4.74 Å². The van der Waals surface area contributed by atoms with E-state index in [1.54, 1.807) is 13.0 Å². The standard InChI is InChI=1S/C34H32ClF3N6O2/c1-3-20-24(36)6-5-18-11-19(39)12-21(26(18)20)29-28(38)30-22(14-40-29)32(43-9-10-45-15-23-27(35)31(23)43)42-33(41-30)46-16-34-7-4-8-44(34)17(2)25(37)13-34/h1,5-6,11-12,14,17,23,25,27,31H,4,7-10,13,15-16,39H2,2H3/t17-,23-,25-,27-,31-,34+/m1/s1/i16D2. The lowest BCUT2D eigenvalue weighted by molar-refractivity contribution is 0.0879. The summed E-state index contributed by atoms with van der Waals surface area (Å²) in [6.07, 6.45) is 6.88. The first kappa shape index (κ1) is 27.3. The van der Waals surface area contributed by atoms with Crippen LogP contribution in [0.3, 0.4) is 0 Å². The van der Waals surface area contributed by atoms with Crippen LogP contribution in [0, 0.1) is 29.9 Å². The highest BCUT2D eigenvalue weighted by atomic mass is 35.5. The Labute approximate surface area is 271 Å². The molecule has 0 spiro atoms. The number of fused-ring (bicyclic) bond motifs is 4. The quantitative estimate of drug-likeness (QED) is 0.173. The molecule has 0 radical (unpaired) electrons. The zero-order valence-corrected chi connectivity index (χ0v) is 25.7. The molecule has 2 N–H and O–H groups in total. The lowest BCUT2D eigenvalue weighted by atomic mass is 9.94. The number of anilines is 2. The van der Waals surface area contributed by atoms with E-state index >= 15 is 8.78 Å². The highest BCUT2D eigenvalue weighted by molar-refractivity contribution is 6.24. The van der Waals surface area contributed by atoms with E-state index in [-0.39, 0.29) is 68.4 Å². The van der Waals surface area contributed by atoms with E-state index < -0.39 is 42.0 Å². The Kier molecular flexibility index (Phi) is 6.44. The number of hydrogen-bond donors (Lipinski definition) is 1. The highest BCUT2D eigenvalue weighted by Gasteiger charge is 2.55. The zero-order chi connectivity index (χ0) is 33.7. The maximum Gasteiger partial charge on any atom is 0.319 e. The summed E-state index contributed by atoms with van der Waals surface area (Å²) < 4.78 is 76.9. The van der Waals surface area contributed by atoms with Crippen LogP contribution in [0.1, 0.15) is 34.5 Å². The van der Waals surface area contributed by atoms with Gasteiger partial charge in [0.25, 0.3) is 0 Å². The fourth-order valence-corrected chi connectivity index (χ4v) is 8.11. The zero-order valence-electron chi connectivity index (χ0n) is 26.9. The van der Waals surface area contributed by atoms with Gasteiger partial charge in [-0.25, -0.2) is 13.2 Å². The van der Waals surface area contributed by atoms with Gasteiger partial charge in [-0.2, -0.15) is 9.97 Å². The number of terminal acetylenes is 1. The van der Waals surface area contributed by atoms with Crippen molar-refractivity contribution in [3.05, 3.63) is 47.7 Å². The van der Waals surface area contributed by atoms with E-state index in [0.717, 1.165) is 0 Å². The summed E-state index contributed by atoms with van der Waals surface area (Å²) in [6.45, 7) is 1.03. The predicted octanol–water partition coefficient (Wildman–Crippen LogP) is 5.47. The van der Waals surface area contributed by atoms with Crippen LogP contribution in [0.4, 0.5) is 24.7 Å². The number of nitrogen functional groups attached to an aromatic ring is 1. The Balaban J connectivity index is 1.32. The molecule has 4 aromatic rings. The fourth-order valence-electron chi connectivity index (χ4n) is 7.65. The molecule has 0 bridgehead atoms. The third-order valence-corrected chi connectivity index (χ3v) is 10.6. The molecule has 4 fully saturated rings. The fraction of sp³-hybridized carbons (Fsp3) is 0.441. The highest BCUT2D eigenvalue weighted by Crippen LogP contribution is 2.47. The van der Waals surface area contributed by atoms with E-state index in [0.29, 0.717) is 44.5 Å². The second-order valence-electron chi connectivity index (χ2n) is 12.6. The van der Waals surface area contributed by atoms with Crippen molar-refractivity contribution in [3.8, 4) is 29.6 Å². The van der Waals surface area contributed by atoms with Crippen LogP contribution in [-0.4, -0.2) is 81.9 Å². The molecule has 0 amide bonds. The molecule has 2 aromatic heterocycles. The van der Waals surface area contributed by atoms with Crippen molar-refractivity contribution in [1.82, 2.24) is 19.9 Å². The molecule has 0 unspecified atom stereocenters. The Bertz CT molecular complexity index is 2030. The number of aromatic nitrogens is 3. The van der Waals surface area contributed by atoms with Gasteiger partial charge in [-0.15, -0.1) is 18.0 Å². The number of nitrogens with two attached hydrogens (primary N) is 1. The first-order chi connectivity index (χ1) is 23.0. The van der Waals surface area contributed by atoms with Crippen LogP contribution in [0.25, 0.3) is 32.9 Å². The van der Waals surface area contributed by atoms with E-state index in [4.69, 9.17) is 36.0 Å². The first-order valence-electron chi connectivity index (χ1n) is 16.4. The molecular weight excluding hydrogens is 617 g/mol. The minimum Gasteiger partial charge on any atom is -0.461 e. The minimum absolute atomic E-state index is 0.00945. The molecular formula is C34H32ClF3N6O2. The Morgan fingerprint density at radius 1 is 1.28 bits per heavy atom. The molecule has 3 saturated heterocycles. The summed E-state index contributed by atoms with van der Waals surface area (Å²) in [7, 11) is 0. The number of halogens is 4. The molecule has 3 aliphatic heterocycles. The molecule has 4 aliphatic rings. The van der Waals surface area contributed by atoms with Crippen LogP contribution in [0.15, 0.2) is 30.5 Å². The Morgan fingerprint density at radius 2 is 2.13 bits per heavy atom. The Hall–Kier alpha value is -3.85. The third-order valence-electron chi connectivity index (χ3n) is 10.0. The predicted molar refractivity (Wildman–Crippen MR) is 171 cm³/mol. The largest absolute Gasteiger partial charge is 0.461 e. The number of benzene rings is 2. The molecule has 46 heavy (non-hydrogen) atoms. The van der Waals surface area contributed by atoms with Gasteiger partial charge in [-0.3, -0.25) is 9.88 Å². The van der Waals surface area contributed by atoms with Crippen LogP contribution in [0.2, 0.25) is 0 Å². The van der Waals surface area contributed by atoms with Gasteiger partial charge in [0, 0.05) is 47.8 Å². The third kappa shape index (κ3) is 4.48. The summed E-state index contributed by atoms with van der Waals surface area (Å²) >= 11 is 6.65. The summed E-state index contributed by atoms with van der Waals surface area (Å²) in [5, 5.41) is 0.741. The molecule has 1 aliphatic carbocycles. The second kappa shape index (κ2) is 10.9. The maximum atomic E-state index is 17.0. The van der Waals surface area contributed by atoms with Gasteiger partial charge in [0.05, 0.1) is 43.9 Å². The van der Waals surface area contributed by atoms with Gasteiger partial charge in [0.1, 0.15) is 35.6 Å². The van der Waals surface area contributed by atoms with Crippen LogP contribution >= 0.6 is 11.6 Å². The van der Waals surface area contributed by atoms with Gasteiger partial charge in [0.2, 0.25) is 0 Å². The molecule has 6 atom stereocenters. The van der Waals surface area contributed by atoms with Gasteiger partial charge in [-0.1, -0.05) is 12.0 Å². The molecule has 8 nitrogen and oxygen atoms in total. The molecule has 12 heteroatoms. The maximum absolute atomic E-state index is 17.0. The minimum atomic E-state index is -2.43. The van der Waals surface area contributed by atoms with E-state index in [2.05, 4.69) is 20.9 Å². The topological polar surface area (TPSA) is 89.6 Å². The number of pyridine rings is 1. The monoisotopic (exact) mass is 650 g/mol. The van der Waals surface area contributed by atoms with Crippen molar-refractivity contribution >= 4 is 44.8 Å². The van der Waals surface area contributed by atoms with E-state index in [9.17, 15) is 4.39 Å². The average molecular weight is 651 g/mol. The average Bonchev–Trinajstić information content (AvgIpc) is 3.45. The summed E-state index contributed by atoms with van der Waals surface area (Å²) in [4.78, 5) is 17.3. The summed E-state index contributed by atoms with van der Waals surface area (Å²) in [6, 6.07) is 4.73. The molecule has 8 rings (SSSR count). The molecule has 2 aromatic carbocycles. The smallest absolute Gasteiger partial charge is 0.319 e. The van der Waals surface area contributed by atoms with Crippen molar-refractivity contribution < 1.29 is 25.4 Å². The van der Waals surface area contributed by atoms with Crippen molar-refractivity contribution in [3.63, 3.8) is 0 Å². The van der Waals surface area contributed by atoms with E-state index in [1.165, 1.54) is 24.4 Å². The van der Waals surface area contributed by atoms with Gasteiger partial charge >= 0.3 is 6.01 Å². The van der Waals surface area contributed by atoms with Crippen molar-refractivity contribution in [1.29, 1.82) is 0 Å². The lowest BCUT2D eigenvalue weighted by Crippen LogP contribution is -2.46. The van der Waals surface area contributed by atoms with Crippen LogP contribution < -0.4 is 15.4 Å². The number of hydrogen-bond acceptors (Lipinski definition) is 8. The number of ether oxygens (including phenoxy) is 2. The normalized spacial score (nSPS) is 30.0. The second-order valence-corrected chi connectivity index (χ2v) is 13.1. The SMILES string of the molecule is [2H]C([2H])(Oc1nc(N2CCOC[C@@H]3[C@@H](Cl)[C@@H]32)c2cnc(-c3cc(N)cc4ccc(F)c(C#C)c34)c(F)c2n1)[C@@]12CCCN1[C@H](C)[C@H](F)C2. The molecule has 1 saturated carbocycles. The number of alkyl halides is 2. The van der Waals surface area contributed by atoms with Gasteiger partial charge in [0.15, 0.2) is 5.82 Å². The summed E-state index contributed by atoms with van der Waals surface area (Å²) in [5.41, 5.74) is 4.92. The number of rotatable bonds is 5. The molecule has 238 valence electrons. The Morgan fingerprint density at radius 3 is 2.96 bits per heavy atom. The van der Waals surface area contributed by atoms with Crippen LogP contribution in [0.5, 0.6) is 6.01 Å². The van der Waals surface area contributed by atoms with Gasteiger partial charge < -0.3 is 20.1 Å². The van der Waals surface area contributed by atoms with Gasteiger partial charge in [-0.05, 0) is 49.9 Å². The lowest BCUT2D eigenvalue weighted by Gasteiger charge is -2.33. The molecule has 5 heterocycles. The van der Waals surface area contributed by atoms with E-state index in [1.807, 2.05) is 9.80 Å². The first-order valence-corrected chi connectivity index (χ1v) is 15.8. The number of nitrogens with zero attached hydrogens (tertiary/aromatic N) is 5. The van der Waals surface area contributed by atoms with Crippen molar-refractivity contribution in [2.45, 2.75) is 55.4 Å². The van der Waals surface area contributed by atoms with Crippen molar-refractivity contribution in [2.24, 2.45) is 5.92 Å². The summed E-state index contributed by atoms with van der Waals surface area (Å²) in [5.74, 6) is 1.08.